The number of methoxy groups -OCH3 is 1. The Morgan fingerprint density at radius 1 is 1.17 bits per heavy atom. The van der Waals surface area contributed by atoms with Crippen molar-refractivity contribution in [3.05, 3.63) is 47.5 Å². The van der Waals surface area contributed by atoms with E-state index in [1.54, 1.807) is 23.0 Å². The van der Waals surface area contributed by atoms with Crippen molar-refractivity contribution in [2.75, 3.05) is 39.8 Å². The average Bonchev–Trinajstić information content (AvgIpc) is 3.53. The van der Waals surface area contributed by atoms with E-state index >= 15 is 0 Å². The molecule has 0 aliphatic carbocycles. The third-order valence-corrected chi connectivity index (χ3v) is 7.09. The summed E-state index contributed by atoms with van der Waals surface area (Å²) in [4.78, 5) is 29.9. The zero-order valence-corrected chi connectivity index (χ0v) is 20.5. The van der Waals surface area contributed by atoms with E-state index < -0.39 is 5.97 Å². The molecule has 4 rings (SSSR count). The molecular formula is C25H35FN6O3. The molecule has 0 unspecified atom stereocenters. The molecule has 10 heteroatoms. The van der Waals surface area contributed by atoms with E-state index in [0.29, 0.717) is 32.0 Å². The third-order valence-electron chi connectivity index (χ3n) is 7.09. The highest BCUT2D eigenvalue weighted by Crippen LogP contribution is 2.32. The van der Waals surface area contributed by atoms with Gasteiger partial charge in [0.15, 0.2) is 5.69 Å². The molecule has 9 nitrogen and oxygen atoms in total. The lowest BCUT2D eigenvalue weighted by Crippen LogP contribution is -2.51. The van der Waals surface area contributed by atoms with Crippen LogP contribution in [0.15, 0.2) is 30.5 Å². The van der Waals surface area contributed by atoms with E-state index in [9.17, 15) is 14.0 Å². The lowest BCUT2D eigenvalue weighted by molar-refractivity contribution is -0.126. The fraction of sp³-hybridized carbons (Fsp3) is 0.600. The summed E-state index contributed by atoms with van der Waals surface area (Å²) in [5.41, 5.74) is 1.15. The lowest BCUT2D eigenvalue weighted by Gasteiger charge is -2.38. The summed E-state index contributed by atoms with van der Waals surface area (Å²) in [6.07, 6.45) is 6.04. The molecular weight excluding hydrogens is 451 g/mol. The Hall–Kier alpha value is -2.85. The first-order valence-corrected chi connectivity index (χ1v) is 12.5. The van der Waals surface area contributed by atoms with Crippen LogP contribution < -0.4 is 5.32 Å². The van der Waals surface area contributed by atoms with Crippen LogP contribution in [0, 0.1) is 5.82 Å². The number of hydrogen-bond donors (Lipinski definition) is 1. The van der Waals surface area contributed by atoms with E-state index in [4.69, 9.17) is 4.74 Å². The van der Waals surface area contributed by atoms with Gasteiger partial charge in [0.05, 0.1) is 25.4 Å². The maximum atomic E-state index is 13.3. The van der Waals surface area contributed by atoms with Crippen LogP contribution >= 0.6 is 0 Å². The minimum absolute atomic E-state index is 0.00101. The molecule has 1 aromatic carbocycles. The maximum absolute atomic E-state index is 13.3. The van der Waals surface area contributed by atoms with Crippen molar-refractivity contribution >= 4 is 11.9 Å². The van der Waals surface area contributed by atoms with E-state index in [1.165, 1.54) is 19.2 Å². The van der Waals surface area contributed by atoms with Crippen molar-refractivity contribution in [1.82, 2.24) is 30.1 Å². The number of halogens is 1. The predicted octanol–water partition coefficient (Wildman–Crippen LogP) is 2.05. The fourth-order valence-corrected chi connectivity index (χ4v) is 5.23. The molecule has 0 radical (unpaired) electrons. The van der Waals surface area contributed by atoms with Crippen LogP contribution in [0.2, 0.25) is 0 Å². The van der Waals surface area contributed by atoms with Crippen LogP contribution in [-0.4, -0.2) is 88.6 Å². The standard InChI is InChI=1S/C25H35FN6O3/c1-3-12-30-13-9-20(10-14-30)31-16-21(32-17-22(28-29-32)25(34)35-2)15-23(31)24(33)27-11-8-18-4-6-19(26)7-5-18/h4-7,17,20-21,23H,3,8-16H2,1-2H3,(H,27,33)/t21-,23+/m1/s1. The zero-order chi connectivity index (χ0) is 24.8. The Bertz CT molecular complexity index is 989. The number of likely N-dealkylation sites (tertiary alicyclic amines) is 2. The third kappa shape index (κ3) is 6.24. The number of nitrogens with one attached hydrogen (secondary N) is 1. The lowest BCUT2D eigenvalue weighted by atomic mass is 10.0. The van der Waals surface area contributed by atoms with Crippen LogP contribution in [0.4, 0.5) is 4.39 Å². The highest BCUT2D eigenvalue weighted by atomic mass is 19.1. The molecule has 0 spiro atoms. The number of nitrogens with zero attached hydrogens (tertiary/aromatic N) is 5. The van der Waals surface area contributed by atoms with Gasteiger partial charge in [-0.3, -0.25) is 9.69 Å². The molecule has 2 fully saturated rings. The number of esters is 1. The van der Waals surface area contributed by atoms with E-state index in [2.05, 4.69) is 32.4 Å². The van der Waals surface area contributed by atoms with E-state index in [-0.39, 0.29) is 29.5 Å². The minimum Gasteiger partial charge on any atom is -0.464 e. The number of amides is 1. The smallest absolute Gasteiger partial charge is 0.360 e. The maximum Gasteiger partial charge on any atom is 0.360 e. The van der Waals surface area contributed by atoms with Gasteiger partial charge in [-0.15, -0.1) is 5.10 Å². The molecule has 1 N–H and O–H groups in total. The van der Waals surface area contributed by atoms with Crippen molar-refractivity contribution in [2.45, 2.75) is 57.2 Å². The van der Waals surface area contributed by atoms with E-state index in [0.717, 1.165) is 44.5 Å². The molecule has 2 saturated heterocycles. The molecule has 3 heterocycles. The van der Waals surface area contributed by atoms with Gasteiger partial charge in [0, 0.05) is 19.1 Å². The molecule has 1 aromatic heterocycles. The highest BCUT2D eigenvalue weighted by molar-refractivity contribution is 5.86. The number of ether oxygens (including phenoxy) is 1. The van der Waals surface area contributed by atoms with Crippen LogP contribution in [-0.2, 0) is 16.0 Å². The highest BCUT2D eigenvalue weighted by Gasteiger charge is 2.42. The van der Waals surface area contributed by atoms with Crippen LogP contribution in [0.5, 0.6) is 0 Å². The minimum atomic E-state index is -0.524. The topological polar surface area (TPSA) is 92.6 Å². The second-order valence-electron chi connectivity index (χ2n) is 9.42. The van der Waals surface area contributed by atoms with Crippen LogP contribution in [0.3, 0.4) is 0 Å². The Morgan fingerprint density at radius 2 is 1.91 bits per heavy atom. The molecule has 2 aliphatic rings. The summed E-state index contributed by atoms with van der Waals surface area (Å²) in [7, 11) is 1.32. The summed E-state index contributed by atoms with van der Waals surface area (Å²) < 4.78 is 19.6. The van der Waals surface area contributed by atoms with Gasteiger partial charge < -0.3 is 15.0 Å². The molecule has 2 aromatic rings. The van der Waals surface area contributed by atoms with Crippen LogP contribution in [0.1, 0.15) is 54.7 Å². The van der Waals surface area contributed by atoms with Crippen LogP contribution in [0.25, 0.3) is 0 Å². The molecule has 35 heavy (non-hydrogen) atoms. The van der Waals surface area contributed by atoms with Crippen molar-refractivity contribution in [3.63, 3.8) is 0 Å². The SMILES string of the molecule is CCCN1CCC(N2C[C@H](n3cc(C(=O)OC)nn3)C[C@H]2C(=O)NCCc2ccc(F)cc2)CC1. The van der Waals surface area contributed by atoms with Crippen molar-refractivity contribution in [1.29, 1.82) is 0 Å². The second kappa shape index (κ2) is 11.7. The van der Waals surface area contributed by atoms with Crippen molar-refractivity contribution in [2.24, 2.45) is 0 Å². The van der Waals surface area contributed by atoms with Gasteiger partial charge in [0.25, 0.3) is 0 Å². The normalized spacial score (nSPS) is 21.8. The number of piperidine rings is 1. The Labute approximate surface area is 205 Å². The first-order valence-electron chi connectivity index (χ1n) is 12.5. The fourth-order valence-electron chi connectivity index (χ4n) is 5.23. The number of hydrogen-bond acceptors (Lipinski definition) is 7. The predicted molar refractivity (Wildman–Crippen MR) is 128 cm³/mol. The van der Waals surface area contributed by atoms with Gasteiger partial charge in [-0.2, -0.15) is 0 Å². The first kappa shape index (κ1) is 25.2. The molecule has 190 valence electrons. The Morgan fingerprint density at radius 3 is 2.60 bits per heavy atom. The first-order chi connectivity index (χ1) is 17.0. The van der Waals surface area contributed by atoms with Gasteiger partial charge in [-0.1, -0.05) is 24.3 Å². The van der Waals surface area contributed by atoms with Crippen molar-refractivity contribution in [3.8, 4) is 0 Å². The molecule has 0 saturated carbocycles. The number of carbonyl (C=O) groups is 2. The summed E-state index contributed by atoms with van der Waals surface area (Å²) in [5, 5.41) is 11.2. The summed E-state index contributed by atoms with van der Waals surface area (Å²) in [6.45, 7) is 6.55. The van der Waals surface area contributed by atoms with Gasteiger partial charge in [0.2, 0.25) is 5.91 Å². The molecule has 2 aliphatic heterocycles. The molecule has 0 bridgehead atoms. The molecule has 1 amide bonds. The number of aromatic nitrogens is 3. The van der Waals surface area contributed by atoms with Gasteiger partial charge in [-0.05, 0) is 69.4 Å². The number of benzene rings is 1. The monoisotopic (exact) mass is 486 g/mol. The van der Waals surface area contributed by atoms with Gasteiger partial charge in [-0.25, -0.2) is 13.9 Å². The van der Waals surface area contributed by atoms with E-state index in [1.807, 2.05) is 0 Å². The van der Waals surface area contributed by atoms with Gasteiger partial charge in [0.1, 0.15) is 5.82 Å². The van der Waals surface area contributed by atoms with Crippen molar-refractivity contribution < 1.29 is 18.7 Å². The average molecular weight is 487 g/mol. The summed E-state index contributed by atoms with van der Waals surface area (Å²) in [5.74, 6) is -0.790. The zero-order valence-electron chi connectivity index (χ0n) is 20.5. The summed E-state index contributed by atoms with van der Waals surface area (Å²) in [6, 6.07) is 6.35. The summed E-state index contributed by atoms with van der Waals surface area (Å²) >= 11 is 0. The number of rotatable bonds is 9. The Balaban J connectivity index is 1.42. The second-order valence-corrected chi connectivity index (χ2v) is 9.42. The number of carbonyl (C=O) groups excluding carboxylic acids is 2. The Kier molecular flexibility index (Phi) is 8.46. The quantitative estimate of drug-likeness (QED) is 0.543. The van der Waals surface area contributed by atoms with Gasteiger partial charge >= 0.3 is 5.97 Å². The largest absolute Gasteiger partial charge is 0.464 e. The molecule has 2 atom stereocenters.